The van der Waals surface area contributed by atoms with Crippen molar-refractivity contribution in [2.45, 2.75) is 66.4 Å². The molecule has 1 N–H and O–H groups in total. The zero-order chi connectivity index (χ0) is 16.5. The van der Waals surface area contributed by atoms with E-state index in [0.717, 1.165) is 35.3 Å². The van der Waals surface area contributed by atoms with E-state index in [1.165, 1.54) is 19.3 Å². The first-order valence-electron chi connectivity index (χ1n) is 8.36. The zero-order valence-corrected chi connectivity index (χ0v) is 14.4. The summed E-state index contributed by atoms with van der Waals surface area (Å²) < 4.78 is 5.91. The Bertz CT molecular complexity index is 480. The molecule has 0 saturated carbocycles. The molecule has 1 rings (SSSR count). The molecule has 0 saturated heterocycles. The highest BCUT2D eigenvalue weighted by atomic mass is 16.5. The van der Waals surface area contributed by atoms with E-state index in [0.29, 0.717) is 12.5 Å². The van der Waals surface area contributed by atoms with Crippen LogP contribution in [0.2, 0.25) is 0 Å². The third-order valence-electron chi connectivity index (χ3n) is 4.29. The van der Waals surface area contributed by atoms with E-state index in [4.69, 9.17) is 9.84 Å². The lowest BCUT2D eigenvalue weighted by atomic mass is 9.98. The molecule has 0 amide bonds. The SMILES string of the molecule is CCCCC(CC)COCc1cc(C)c(CC(=O)O)cc1C. The Kier molecular flexibility index (Phi) is 8.18. The average Bonchev–Trinajstić information content (AvgIpc) is 2.46. The van der Waals surface area contributed by atoms with Crippen molar-refractivity contribution in [2.75, 3.05) is 6.61 Å². The van der Waals surface area contributed by atoms with Gasteiger partial charge in [-0.15, -0.1) is 0 Å². The molecule has 0 radical (unpaired) electrons. The lowest BCUT2D eigenvalue weighted by Gasteiger charge is -2.16. The number of aliphatic carboxylic acids is 1. The molecule has 0 spiro atoms. The topological polar surface area (TPSA) is 46.5 Å². The van der Waals surface area contributed by atoms with Gasteiger partial charge in [-0.1, -0.05) is 45.2 Å². The van der Waals surface area contributed by atoms with Crippen molar-refractivity contribution in [3.05, 3.63) is 34.4 Å². The number of carboxylic acids is 1. The molecule has 3 nitrogen and oxygen atoms in total. The number of benzene rings is 1. The van der Waals surface area contributed by atoms with Crippen LogP contribution in [0.3, 0.4) is 0 Å². The lowest BCUT2D eigenvalue weighted by molar-refractivity contribution is -0.136. The highest BCUT2D eigenvalue weighted by Crippen LogP contribution is 2.19. The second-order valence-electron chi connectivity index (χ2n) is 6.21. The molecule has 0 heterocycles. The van der Waals surface area contributed by atoms with Gasteiger partial charge in [0.25, 0.3) is 0 Å². The number of ether oxygens (including phenoxy) is 1. The Morgan fingerprint density at radius 1 is 1.18 bits per heavy atom. The normalized spacial score (nSPS) is 12.4. The Balaban J connectivity index is 2.59. The van der Waals surface area contributed by atoms with Gasteiger partial charge in [-0.25, -0.2) is 0 Å². The highest BCUT2D eigenvalue weighted by molar-refractivity contribution is 5.71. The van der Waals surface area contributed by atoms with E-state index in [9.17, 15) is 4.79 Å². The third-order valence-corrected chi connectivity index (χ3v) is 4.29. The summed E-state index contributed by atoms with van der Waals surface area (Å²) in [5.74, 6) is -0.138. The summed E-state index contributed by atoms with van der Waals surface area (Å²) in [6.45, 7) is 9.86. The van der Waals surface area contributed by atoms with Gasteiger partial charge in [-0.3, -0.25) is 4.79 Å². The molecule has 22 heavy (non-hydrogen) atoms. The minimum Gasteiger partial charge on any atom is -0.481 e. The molecule has 124 valence electrons. The Morgan fingerprint density at radius 3 is 2.41 bits per heavy atom. The van der Waals surface area contributed by atoms with E-state index in [2.05, 4.69) is 19.9 Å². The smallest absolute Gasteiger partial charge is 0.307 e. The maximum atomic E-state index is 10.9. The van der Waals surface area contributed by atoms with Crippen LogP contribution in [0, 0.1) is 19.8 Å². The van der Waals surface area contributed by atoms with Gasteiger partial charge >= 0.3 is 5.97 Å². The largest absolute Gasteiger partial charge is 0.481 e. The number of carboxylic acid groups (broad SMARTS) is 1. The molecule has 3 heteroatoms. The van der Waals surface area contributed by atoms with Crippen LogP contribution in [0.1, 0.15) is 61.8 Å². The summed E-state index contributed by atoms with van der Waals surface area (Å²) in [6.07, 6.45) is 4.99. The lowest BCUT2D eigenvalue weighted by Crippen LogP contribution is -2.10. The number of unbranched alkanes of at least 4 members (excludes halogenated alkanes) is 1. The van der Waals surface area contributed by atoms with Gasteiger partial charge in [-0.2, -0.15) is 0 Å². The van der Waals surface area contributed by atoms with Gasteiger partial charge < -0.3 is 9.84 Å². The van der Waals surface area contributed by atoms with Gasteiger partial charge in [0.05, 0.1) is 13.0 Å². The second kappa shape index (κ2) is 9.62. The fraction of sp³-hybridized carbons (Fsp3) is 0.632. The number of rotatable bonds is 10. The van der Waals surface area contributed by atoms with Crippen LogP contribution in [0.15, 0.2) is 12.1 Å². The molecule has 0 aliphatic carbocycles. The summed E-state index contributed by atoms with van der Waals surface area (Å²) >= 11 is 0. The fourth-order valence-corrected chi connectivity index (χ4v) is 2.68. The number of hydrogen-bond acceptors (Lipinski definition) is 2. The third kappa shape index (κ3) is 6.18. The van der Waals surface area contributed by atoms with Crippen LogP contribution in [0.4, 0.5) is 0 Å². The predicted molar refractivity (Wildman–Crippen MR) is 90.2 cm³/mol. The number of hydrogen-bond donors (Lipinski definition) is 1. The van der Waals surface area contributed by atoms with Crippen LogP contribution < -0.4 is 0 Å². The van der Waals surface area contributed by atoms with Crippen molar-refractivity contribution < 1.29 is 14.6 Å². The van der Waals surface area contributed by atoms with Crippen molar-refractivity contribution in [3.8, 4) is 0 Å². The Morgan fingerprint density at radius 2 is 1.82 bits per heavy atom. The summed E-state index contributed by atoms with van der Waals surface area (Å²) in [5.41, 5.74) is 4.20. The van der Waals surface area contributed by atoms with Crippen molar-refractivity contribution in [1.29, 1.82) is 0 Å². The van der Waals surface area contributed by atoms with Crippen molar-refractivity contribution in [1.82, 2.24) is 0 Å². The van der Waals surface area contributed by atoms with Gasteiger partial charge in [0.1, 0.15) is 0 Å². The quantitative estimate of drug-likeness (QED) is 0.683. The van der Waals surface area contributed by atoms with E-state index in [-0.39, 0.29) is 6.42 Å². The summed E-state index contributed by atoms with van der Waals surface area (Å²) in [6, 6.07) is 4.05. The summed E-state index contributed by atoms with van der Waals surface area (Å²) in [7, 11) is 0. The molecule has 0 bridgehead atoms. The van der Waals surface area contributed by atoms with E-state index >= 15 is 0 Å². The first-order chi connectivity index (χ1) is 10.5. The molecule has 1 aromatic rings. The van der Waals surface area contributed by atoms with Gasteiger partial charge in [0, 0.05) is 6.61 Å². The minimum atomic E-state index is -0.784. The number of carbonyl (C=O) groups is 1. The predicted octanol–water partition coefficient (Wildman–Crippen LogP) is 4.66. The Hall–Kier alpha value is -1.35. The van der Waals surface area contributed by atoms with Gasteiger partial charge in [0.15, 0.2) is 0 Å². The first kappa shape index (κ1) is 18.7. The van der Waals surface area contributed by atoms with Crippen molar-refractivity contribution >= 4 is 5.97 Å². The molecule has 0 aliphatic rings. The standard InChI is InChI=1S/C19H30O3/c1-5-7-8-16(6-2)12-22-13-18-10-14(3)17(9-15(18)4)11-19(20)21/h9-10,16H,5-8,11-13H2,1-4H3,(H,20,21). The average molecular weight is 306 g/mol. The van der Waals surface area contributed by atoms with Crippen LogP contribution >= 0.6 is 0 Å². The van der Waals surface area contributed by atoms with Crippen LogP contribution in [-0.4, -0.2) is 17.7 Å². The molecule has 1 aromatic carbocycles. The van der Waals surface area contributed by atoms with Gasteiger partial charge in [-0.05, 0) is 48.4 Å². The summed E-state index contributed by atoms with van der Waals surface area (Å²) in [5, 5.41) is 8.93. The second-order valence-corrected chi connectivity index (χ2v) is 6.21. The highest BCUT2D eigenvalue weighted by Gasteiger charge is 2.10. The molecule has 1 unspecified atom stereocenters. The van der Waals surface area contributed by atoms with Crippen molar-refractivity contribution in [3.63, 3.8) is 0 Å². The van der Waals surface area contributed by atoms with Crippen LogP contribution in [0.25, 0.3) is 0 Å². The number of aryl methyl sites for hydroxylation is 2. The molecule has 0 fully saturated rings. The van der Waals surface area contributed by atoms with E-state index < -0.39 is 5.97 Å². The fourth-order valence-electron chi connectivity index (χ4n) is 2.68. The maximum absolute atomic E-state index is 10.9. The molecule has 0 aliphatic heterocycles. The summed E-state index contributed by atoms with van der Waals surface area (Å²) in [4.78, 5) is 10.9. The van der Waals surface area contributed by atoms with E-state index in [1.807, 2.05) is 19.9 Å². The van der Waals surface area contributed by atoms with Gasteiger partial charge in [0.2, 0.25) is 0 Å². The Labute approximate surface area is 134 Å². The molecular weight excluding hydrogens is 276 g/mol. The first-order valence-corrected chi connectivity index (χ1v) is 8.36. The van der Waals surface area contributed by atoms with Crippen LogP contribution in [-0.2, 0) is 22.6 Å². The zero-order valence-electron chi connectivity index (χ0n) is 14.4. The minimum absolute atomic E-state index is 0.0860. The molecule has 0 aromatic heterocycles. The maximum Gasteiger partial charge on any atom is 0.307 e. The van der Waals surface area contributed by atoms with Crippen molar-refractivity contribution in [2.24, 2.45) is 5.92 Å². The van der Waals surface area contributed by atoms with E-state index in [1.54, 1.807) is 0 Å². The molecule has 1 atom stereocenters. The molecular formula is C19H30O3. The van der Waals surface area contributed by atoms with Crippen LogP contribution in [0.5, 0.6) is 0 Å². The monoisotopic (exact) mass is 306 g/mol.